The molecule has 1 aromatic carbocycles. The first-order chi connectivity index (χ1) is 9.76. The molecular weight excluding hydrogens is 254 g/mol. The highest BCUT2D eigenvalue weighted by Gasteiger charge is 2.23. The lowest BCUT2D eigenvalue weighted by molar-refractivity contribution is 0.210. The minimum Gasteiger partial charge on any atom is -0.493 e. The maximum absolute atomic E-state index is 5.86. The van der Waals surface area contributed by atoms with Crippen LogP contribution in [0.4, 0.5) is 5.82 Å². The van der Waals surface area contributed by atoms with Crippen LogP contribution in [0.15, 0.2) is 30.6 Å². The Bertz CT molecular complexity index is 616. The van der Waals surface area contributed by atoms with E-state index in [9.17, 15) is 0 Å². The van der Waals surface area contributed by atoms with Crippen molar-refractivity contribution in [3.8, 4) is 11.5 Å². The van der Waals surface area contributed by atoms with Gasteiger partial charge >= 0.3 is 0 Å². The molecule has 0 bridgehead atoms. The third-order valence-corrected chi connectivity index (χ3v) is 3.49. The lowest BCUT2D eigenvalue weighted by atomic mass is 9.92. The average molecular weight is 271 g/mol. The molecule has 2 aromatic rings. The number of nitrogen functional groups attached to an aromatic ring is 1. The van der Waals surface area contributed by atoms with Gasteiger partial charge in [0.15, 0.2) is 11.5 Å². The lowest BCUT2D eigenvalue weighted by Crippen LogP contribution is -2.23. The van der Waals surface area contributed by atoms with Crippen LogP contribution in [0.25, 0.3) is 0 Å². The number of ether oxygens (including phenoxy) is 2. The van der Waals surface area contributed by atoms with Gasteiger partial charge in [-0.15, -0.1) is 0 Å². The van der Waals surface area contributed by atoms with Crippen molar-refractivity contribution >= 4 is 5.82 Å². The number of fused-ring (bicyclic) bond motifs is 1. The standard InChI is InChI=1S/C15H17N3O2/c1-19-13-4-2-3-11-5-10(8-20-15(11)13)6-12-7-14(16)18-9-17-12/h2-4,7,9-10H,5-6,8H2,1H3,(H2,16,17,18). The Kier molecular flexibility index (Phi) is 3.41. The molecular formula is C15H17N3O2. The van der Waals surface area contributed by atoms with E-state index in [1.54, 1.807) is 7.11 Å². The first-order valence-corrected chi connectivity index (χ1v) is 6.61. The zero-order chi connectivity index (χ0) is 13.9. The van der Waals surface area contributed by atoms with Crippen LogP contribution in [0, 0.1) is 5.92 Å². The molecule has 104 valence electrons. The number of aromatic nitrogens is 2. The van der Waals surface area contributed by atoms with Crippen molar-refractivity contribution < 1.29 is 9.47 Å². The molecule has 0 radical (unpaired) electrons. The summed E-state index contributed by atoms with van der Waals surface area (Å²) in [6, 6.07) is 7.82. The molecule has 1 aliphatic heterocycles. The maximum Gasteiger partial charge on any atom is 0.164 e. The molecule has 5 heteroatoms. The molecule has 1 aliphatic rings. The highest BCUT2D eigenvalue weighted by Crippen LogP contribution is 2.36. The SMILES string of the molecule is COc1cccc2c1OCC(Cc1cc(N)ncn1)C2. The van der Waals surface area contributed by atoms with Crippen LogP contribution in [-0.4, -0.2) is 23.7 Å². The van der Waals surface area contributed by atoms with Gasteiger partial charge < -0.3 is 15.2 Å². The summed E-state index contributed by atoms with van der Waals surface area (Å²) < 4.78 is 11.2. The second-order valence-electron chi connectivity index (χ2n) is 4.97. The number of para-hydroxylation sites is 1. The Labute approximate surface area is 117 Å². The van der Waals surface area contributed by atoms with Gasteiger partial charge in [-0.2, -0.15) is 0 Å². The number of nitrogens with zero attached hydrogens (tertiary/aromatic N) is 2. The summed E-state index contributed by atoms with van der Waals surface area (Å²) in [5, 5.41) is 0. The Morgan fingerprint density at radius 3 is 3.10 bits per heavy atom. The highest BCUT2D eigenvalue weighted by molar-refractivity contribution is 5.47. The predicted octanol–water partition coefficient (Wildman–Crippen LogP) is 1.86. The van der Waals surface area contributed by atoms with Crippen LogP contribution in [0.3, 0.4) is 0 Å². The molecule has 1 aromatic heterocycles. The summed E-state index contributed by atoms with van der Waals surface area (Å²) in [4.78, 5) is 8.16. The zero-order valence-corrected chi connectivity index (χ0v) is 11.4. The van der Waals surface area contributed by atoms with Crippen LogP contribution >= 0.6 is 0 Å². The van der Waals surface area contributed by atoms with E-state index in [0.29, 0.717) is 18.3 Å². The summed E-state index contributed by atoms with van der Waals surface area (Å²) in [6.45, 7) is 0.664. The van der Waals surface area contributed by atoms with Crippen molar-refractivity contribution in [3.63, 3.8) is 0 Å². The number of hydrogen-bond donors (Lipinski definition) is 1. The topological polar surface area (TPSA) is 70.3 Å². The van der Waals surface area contributed by atoms with E-state index in [1.165, 1.54) is 11.9 Å². The van der Waals surface area contributed by atoms with E-state index < -0.39 is 0 Å². The number of anilines is 1. The van der Waals surface area contributed by atoms with Crippen molar-refractivity contribution in [1.29, 1.82) is 0 Å². The van der Waals surface area contributed by atoms with Crippen LogP contribution in [0.1, 0.15) is 11.3 Å². The molecule has 2 N–H and O–H groups in total. The Balaban J connectivity index is 1.76. The highest BCUT2D eigenvalue weighted by atomic mass is 16.5. The summed E-state index contributed by atoms with van der Waals surface area (Å²) in [5.41, 5.74) is 7.82. The van der Waals surface area contributed by atoms with Crippen molar-refractivity contribution in [2.75, 3.05) is 19.5 Å². The Morgan fingerprint density at radius 2 is 2.30 bits per heavy atom. The fourth-order valence-electron chi connectivity index (χ4n) is 2.57. The molecule has 0 aliphatic carbocycles. The van der Waals surface area contributed by atoms with E-state index in [0.717, 1.165) is 30.0 Å². The minimum atomic E-state index is 0.393. The molecule has 5 nitrogen and oxygen atoms in total. The van der Waals surface area contributed by atoms with Crippen LogP contribution in [0.5, 0.6) is 11.5 Å². The molecule has 3 rings (SSSR count). The predicted molar refractivity (Wildman–Crippen MR) is 75.8 cm³/mol. The summed E-state index contributed by atoms with van der Waals surface area (Å²) in [5.74, 6) is 2.57. The second kappa shape index (κ2) is 5.36. The zero-order valence-electron chi connectivity index (χ0n) is 11.4. The van der Waals surface area contributed by atoms with Crippen molar-refractivity contribution in [2.45, 2.75) is 12.8 Å². The lowest BCUT2D eigenvalue weighted by Gasteiger charge is -2.26. The van der Waals surface area contributed by atoms with Gasteiger partial charge in [-0.1, -0.05) is 12.1 Å². The number of hydrogen-bond acceptors (Lipinski definition) is 5. The Hall–Kier alpha value is -2.30. The number of benzene rings is 1. The fraction of sp³-hybridized carbons (Fsp3) is 0.333. The van der Waals surface area contributed by atoms with Gasteiger partial charge in [0, 0.05) is 17.7 Å². The van der Waals surface area contributed by atoms with Gasteiger partial charge in [-0.3, -0.25) is 0 Å². The minimum absolute atomic E-state index is 0.393. The summed E-state index contributed by atoms with van der Waals surface area (Å²) in [6.07, 6.45) is 3.30. The van der Waals surface area contributed by atoms with Gasteiger partial charge in [-0.05, 0) is 24.5 Å². The number of nitrogens with two attached hydrogens (primary N) is 1. The van der Waals surface area contributed by atoms with Gasteiger partial charge in [0.2, 0.25) is 0 Å². The number of rotatable bonds is 3. The van der Waals surface area contributed by atoms with Crippen LogP contribution in [-0.2, 0) is 12.8 Å². The molecule has 1 atom stereocenters. The molecule has 0 saturated heterocycles. The van der Waals surface area contributed by atoms with E-state index in [4.69, 9.17) is 15.2 Å². The smallest absolute Gasteiger partial charge is 0.164 e. The molecule has 1 unspecified atom stereocenters. The van der Waals surface area contributed by atoms with E-state index in [2.05, 4.69) is 16.0 Å². The van der Waals surface area contributed by atoms with Crippen molar-refractivity contribution in [3.05, 3.63) is 41.9 Å². The van der Waals surface area contributed by atoms with E-state index >= 15 is 0 Å². The first-order valence-electron chi connectivity index (χ1n) is 6.61. The number of methoxy groups -OCH3 is 1. The Morgan fingerprint density at radius 1 is 1.40 bits per heavy atom. The summed E-state index contributed by atoms with van der Waals surface area (Å²) in [7, 11) is 1.66. The summed E-state index contributed by atoms with van der Waals surface area (Å²) >= 11 is 0. The van der Waals surface area contributed by atoms with Crippen molar-refractivity contribution in [1.82, 2.24) is 9.97 Å². The fourth-order valence-corrected chi connectivity index (χ4v) is 2.57. The molecule has 2 heterocycles. The average Bonchev–Trinajstić information content (AvgIpc) is 2.46. The van der Waals surface area contributed by atoms with Crippen molar-refractivity contribution in [2.24, 2.45) is 5.92 Å². The molecule has 20 heavy (non-hydrogen) atoms. The maximum atomic E-state index is 5.86. The normalized spacial score (nSPS) is 17.1. The van der Waals surface area contributed by atoms with E-state index in [-0.39, 0.29) is 0 Å². The quantitative estimate of drug-likeness (QED) is 0.922. The first kappa shape index (κ1) is 12.7. The monoisotopic (exact) mass is 271 g/mol. The van der Waals surface area contributed by atoms with Gasteiger partial charge in [0.25, 0.3) is 0 Å². The molecule has 0 amide bonds. The molecule has 0 spiro atoms. The van der Waals surface area contributed by atoms with Gasteiger partial charge in [-0.25, -0.2) is 9.97 Å². The molecule has 0 saturated carbocycles. The second-order valence-corrected chi connectivity index (χ2v) is 4.97. The van der Waals surface area contributed by atoms with E-state index in [1.807, 2.05) is 18.2 Å². The third-order valence-electron chi connectivity index (χ3n) is 3.49. The van der Waals surface area contributed by atoms with Gasteiger partial charge in [0.05, 0.1) is 13.7 Å². The van der Waals surface area contributed by atoms with Crippen LogP contribution in [0.2, 0.25) is 0 Å². The van der Waals surface area contributed by atoms with Gasteiger partial charge in [0.1, 0.15) is 12.1 Å². The largest absolute Gasteiger partial charge is 0.493 e. The van der Waals surface area contributed by atoms with Crippen LogP contribution < -0.4 is 15.2 Å². The third kappa shape index (κ3) is 2.52. The molecule has 0 fully saturated rings.